The molecule has 0 amide bonds. The summed E-state index contributed by atoms with van der Waals surface area (Å²) in [5, 5.41) is 10.9. The molecule has 120 valence electrons. The van der Waals surface area contributed by atoms with E-state index < -0.39 is 0 Å². The van der Waals surface area contributed by atoms with Gasteiger partial charge in [-0.15, -0.1) is 0 Å². The minimum atomic E-state index is -0.0823. The van der Waals surface area contributed by atoms with E-state index in [-0.39, 0.29) is 5.41 Å². The Morgan fingerprint density at radius 1 is 0.708 bits per heavy atom. The molecule has 1 N–H and O–H groups in total. The van der Waals surface area contributed by atoms with Crippen LogP contribution < -0.4 is 0 Å². The minimum absolute atomic E-state index is 0.0823. The van der Waals surface area contributed by atoms with Gasteiger partial charge in [0.15, 0.2) is 0 Å². The minimum Gasteiger partial charge on any atom is -0.507 e. The Balaban J connectivity index is 1.92. The summed E-state index contributed by atoms with van der Waals surface area (Å²) in [5.41, 5.74) is 8.30. The summed E-state index contributed by atoms with van der Waals surface area (Å²) >= 11 is 0. The van der Waals surface area contributed by atoms with Crippen molar-refractivity contribution in [3.63, 3.8) is 0 Å². The fraction of sp³-hybridized carbons (Fsp3) is 0.217. The SMILES string of the molecule is CC(C)(C)c1cccc(-c2cccc3c2Cc2ccccc2-3)c1O. The van der Waals surface area contributed by atoms with E-state index in [9.17, 15) is 5.11 Å². The Labute approximate surface area is 143 Å². The number of para-hydroxylation sites is 1. The number of benzene rings is 3. The molecule has 1 aliphatic carbocycles. The molecule has 0 unspecified atom stereocenters. The molecule has 3 aromatic carbocycles. The van der Waals surface area contributed by atoms with Crippen LogP contribution >= 0.6 is 0 Å². The molecule has 4 rings (SSSR count). The molecule has 0 radical (unpaired) electrons. The highest BCUT2D eigenvalue weighted by atomic mass is 16.3. The van der Waals surface area contributed by atoms with Crippen LogP contribution in [0, 0.1) is 0 Å². The van der Waals surface area contributed by atoms with Crippen LogP contribution in [0.3, 0.4) is 0 Å². The third-order valence-electron chi connectivity index (χ3n) is 4.98. The summed E-state index contributed by atoms with van der Waals surface area (Å²) in [4.78, 5) is 0. The van der Waals surface area contributed by atoms with Crippen molar-refractivity contribution in [2.24, 2.45) is 0 Å². The second-order valence-electron chi connectivity index (χ2n) is 7.62. The fourth-order valence-corrected chi connectivity index (χ4v) is 3.78. The Kier molecular flexibility index (Phi) is 3.28. The quantitative estimate of drug-likeness (QED) is 0.462. The van der Waals surface area contributed by atoms with Crippen LogP contribution in [0.15, 0.2) is 60.7 Å². The van der Waals surface area contributed by atoms with E-state index in [1.165, 1.54) is 22.3 Å². The van der Waals surface area contributed by atoms with Gasteiger partial charge in [-0.25, -0.2) is 0 Å². The van der Waals surface area contributed by atoms with E-state index in [1.807, 2.05) is 12.1 Å². The molecule has 0 aliphatic heterocycles. The van der Waals surface area contributed by atoms with Gasteiger partial charge in [-0.2, -0.15) is 0 Å². The number of phenolic OH excluding ortho intramolecular Hbond substituents is 1. The first kappa shape index (κ1) is 15.0. The summed E-state index contributed by atoms with van der Waals surface area (Å²) in [5.74, 6) is 0.411. The molecule has 24 heavy (non-hydrogen) atoms. The van der Waals surface area contributed by atoms with E-state index in [0.717, 1.165) is 23.1 Å². The van der Waals surface area contributed by atoms with Crippen molar-refractivity contribution >= 4 is 0 Å². The molecular formula is C23H22O. The Morgan fingerprint density at radius 3 is 2.04 bits per heavy atom. The van der Waals surface area contributed by atoms with Crippen molar-refractivity contribution in [1.82, 2.24) is 0 Å². The monoisotopic (exact) mass is 314 g/mol. The zero-order valence-electron chi connectivity index (χ0n) is 14.4. The molecule has 0 saturated heterocycles. The van der Waals surface area contributed by atoms with Gasteiger partial charge in [0, 0.05) is 5.56 Å². The lowest BCUT2D eigenvalue weighted by molar-refractivity contribution is 0.448. The number of hydrogen-bond donors (Lipinski definition) is 1. The molecule has 0 bridgehead atoms. The van der Waals surface area contributed by atoms with Crippen molar-refractivity contribution < 1.29 is 5.11 Å². The van der Waals surface area contributed by atoms with Gasteiger partial charge >= 0.3 is 0 Å². The van der Waals surface area contributed by atoms with Crippen molar-refractivity contribution in [3.8, 4) is 28.0 Å². The molecule has 0 saturated carbocycles. The first-order valence-electron chi connectivity index (χ1n) is 8.50. The number of hydrogen-bond acceptors (Lipinski definition) is 1. The van der Waals surface area contributed by atoms with Crippen LogP contribution in [0.5, 0.6) is 5.75 Å². The molecule has 1 nitrogen and oxygen atoms in total. The highest BCUT2D eigenvalue weighted by molar-refractivity contribution is 5.86. The standard InChI is InChI=1S/C23H22O/c1-23(2,3)21-13-7-12-19(22(21)24)18-11-6-10-17-16-9-5-4-8-15(16)14-20(17)18/h4-13,24H,14H2,1-3H3. The van der Waals surface area contributed by atoms with E-state index in [2.05, 4.69) is 69.3 Å². The summed E-state index contributed by atoms with van der Waals surface area (Å²) in [6, 6.07) is 21.1. The topological polar surface area (TPSA) is 20.2 Å². The summed E-state index contributed by atoms with van der Waals surface area (Å²) < 4.78 is 0. The average molecular weight is 314 g/mol. The maximum absolute atomic E-state index is 10.9. The van der Waals surface area contributed by atoms with Crippen molar-refractivity contribution in [2.75, 3.05) is 0 Å². The van der Waals surface area contributed by atoms with Crippen molar-refractivity contribution in [2.45, 2.75) is 32.6 Å². The first-order chi connectivity index (χ1) is 11.5. The van der Waals surface area contributed by atoms with Crippen LogP contribution in [0.2, 0.25) is 0 Å². The van der Waals surface area contributed by atoms with Crippen LogP contribution in [0.25, 0.3) is 22.3 Å². The summed E-state index contributed by atoms with van der Waals surface area (Å²) in [6.45, 7) is 6.41. The highest BCUT2D eigenvalue weighted by Gasteiger charge is 2.24. The third kappa shape index (κ3) is 2.24. The van der Waals surface area contributed by atoms with Crippen LogP contribution in [0.1, 0.15) is 37.5 Å². The zero-order chi connectivity index (χ0) is 16.9. The average Bonchev–Trinajstić information content (AvgIpc) is 2.93. The van der Waals surface area contributed by atoms with Crippen LogP contribution in [-0.4, -0.2) is 5.11 Å². The van der Waals surface area contributed by atoms with Gasteiger partial charge in [0.25, 0.3) is 0 Å². The van der Waals surface area contributed by atoms with Gasteiger partial charge in [-0.3, -0.25) is 0 Å². The zero-order valence-corrected chi connectivity index (χ0v) is 14.4. The van der Waals surface area contributed by atoms with Crippen molar-refractivity contribution in [3.05, 3.63) is 77.4 Å². The summed E-state index contributed by atoms with van der Waals surface area (Å²) in [7, 11) is 0. The maximum atomic E-state index is 10.9. The normalized spacial score (nSPS) is 12.8. The molecule has 0 fully saturated rings. The lowest BCUT2D eigenvalue weighted by atomic mass is 9.83. The van der Waals surface area contributed by atoms with E-state index in [0.29, 0.717) is 5.75 Å². The molecule has 3 aromatic rings. The van der Waals surface area contributed by atoms with Crippen LogP contribution in [0.4, 0.5) is 0 Å². The number of fused-ring (bicyclic) bond motifs is 3. The first-order valence-corrected chi connectivity index (χ1v) is 8.50. The van der Waals surface area contributed by atoms with E-state index in [4.69, 9.17) is 0 Å². The number of rotatable bonds is 1. The second-order valence-corrected chi connectivity index (χ2v) is 7.62. The predicted molar refractivity (Wildman–Crippen MR) is 100 cm³/mol. The molecule has 1 heteroatoms. The van der Waals surface area contributed by atoms with E-state index >= 15 is 0 Å². The Bertz CT molecular complexity index is 929. The lowest BCUT2D eigenvalue weighted by Gasteiger charge is -2.22. The molecule has 0 aromatic heterocycles. The maximum Gasteiger partial charge on any atom is 0.127 e. The smallest absolute Gasteiger partial charge is 0.127 e. The lowest BCUT2D eigenvalue weighted by Crippen LogP contribution is -2.11. The van der Waals surface area contributed by atoms with Gasteiger partial charge in [0.1, 0.15) is 5.75 Å². The third-order valence-corrected chi connectivity index (χ3v) is 4.98. The predicted octanol–water partition coefficient (Wildman–Crippen LogP) is 5.93. The van der Waals surface area contributed by atoms with Gasteiger partial charge in [-0.1, -0.05) is 81.4 Å². The second kappa shape index (κ2) is 5.24. The van der Waals surface area contributed by atoms with Gasteiger partial charge < -0.3 is 5.11 Å². The van der Waals surface area contributed by atoms with E-state index in [1.54, 1.807) is 0 Å². The number of aromatic hydroxyl groups is 1. The molecule has 0 spiro atoms. The molecule has 0 atom stereocenters. The Hall–Kier alpha value is -2.54. The van der Waals surface area contributed by atoms with Gasteiger partial charge in [0.05, 0.1) is 0 Å². The molecule has 1 aliphatic rings. The fourth-order valence-electron chi connectivity index (χ4n) is 3.78. The van der Waals surface area contributed by atoms with Gasteiger partial charge in [0.2, 0.25) is 0 Å². The van der Waals surface area contributed by atoms with Crippen molar-refractivity contribution in [1.29, 1.82) is 0 Å². The molecular weight excluding hydrogens is 292 g/mol. The Morgan fingerprint density at radius 2 is 1.29 bits per heavy atom. The number of phenols is 1. The largest absolute Gasteiger partial charge is 0.507 e. The highest BCUT2D eigenvalue weighted by Crippen LogP contribution is 2.45. The molecule has 0 heterocycles. The van der Waals surface area contributed by atoms with Gasteiger partial charge in [-0.05, 0) is 45.2 Å². The summed E-state index contributed by atoms with van der Waals surface area (Å²) in [6.07, 6.45) is 0.931. The van der Waals surface area contributed by atoms with Crippen LogP contribution in [-0.2, 0) is 11.8 Å².